The van der Waals surface area contributed by atoms with Crippen LogP contribution in [0.1, 0.15) is 29.7 Å². The molecule has 0 aromatic heterocycles. The lowest BCUT2D eigenvalue weighted by atomic mass is 9.88. The Morgan fingerprint density at radius 3 is 2.62 bits per heavy atom. The average Bonchev–Trinajstić information content (AvgIpc) is 2.66. The highest BCUT2D eigenvalue weighted by molar-refractivity contribution is 7.99. The molecule has 7 heteroatoms. The second-order valence-corrected chi connectivity index (χ2v) is 10.2. The Kier molecular flexibility index (Phi) is 5.62. The van der Waals surface area contributed by atoms with Crippen LogP contribution in [-0.2, 0) is 15.8 Å². The van der Waals surface area contributed by atoms with Gasteiger partial charge in [-0.1, -0.05) is 54.9 Å². The van der Waals surface area contributed by atoms with Crippen LogP contribution < -0.4 is 9.88 Å². The highest BCUT2D eigenvalue weighted by Gasteiger charge is 2.29. The smallest absolute Gasteiger partial charge is 0.213 e. The summed E-state index contributed by atoms with van der Waals surface area (Å²) in [5, 5.41) is 5.89. The van der Waals surface area contributed by atoms with E-state index in [0.717, 1.165) is 38.7 Å². The second kappa shape index (κ2) is 8.03. The van der Waals surface area contributed by atoms with Crippen molar-refractivity contribution in [1.29, 1.82) is 0 Å². The van der Waals surface area contributed by atoms with E-state index in [1.807, 2.05) is 54.6 Å². The quantitative estimate of drug-likeness (QED) is 0.534. The fourth-order valence-corrected chi connectivity index (χ4v) is 5.32. The molecular weight excluding hydrogens is 426 g/mol. The number of thioether (sulfide) groups is 1. The Bertz CT molecular complexity index is 1180. The first-order chi connectivity index (χ1) is 13.9. The molecule has 0 amide bonds. The second-order valence-electron chi connectivity index (χ2n) is 6.84. The largest absolute Gasteiger partial charge is 0.480 e. The summed E-state index contributed by atoms with van der Waals surface area (Å²) in [6, 6.07) is 19.2. The van der Waals surface area contributed by atoms with Crippen LogP contribution in [0.3, 0.4) is 0 Å². The molecule has 1 unspecified atom stereocenters. The number of sulfonamides is 1. The number of halogens is 1. The summed E-state index contributed by atoms with van der Waals surface area (Å²) in [5.74, 6) is 1.52. The van der Waals surface area contributed by atoms with Crippen LogP contribution in [0, 0.1) is 0 Å². The minimum atomic E-state index is -3.64. The molecule has 0 fully saturated rings. The van der Waals surface area contributed by atoms with Crippen molar-refractivity contribution in [2.75, 3.05) is 5.75 Å². The normalized spacial score (nSPS) is 15.3. The highest BCUT2D eigenvalue weighted by Crippen LogP contribution is 2.49. The molecule has 0 bridgehead atoms. The summed E-state index contributed by atoms with van der Waals surface area (Å²) in [5.41, 5.74) is 4.52. The van der Waals surface area contributed by atoms with E-state index in [4.69, 9.17) is 21.5 Å². The molecular formula is C22H20ClNO3S2. The third-order valence-corrected chi connectivity index (χ3v) is 6.63. The predicted molar refractivity (Wildman–Crippen MR) is 119 cm³/mol. The number of ether oxygens (including phenoxy) is 1. The summed E-state index contributed by atoms with van der Waals surface area (Å²) in [6.45, 7) is 2.11. The fourth-order valence-electron chi connectivity index (χ4n) is 3.64. The zero-order valence-corrected chi connectivity index (χ0v) is 18.2. The van der Waals surface area contributed by atoms with Gasteiger partial charge in [0, 0.05) is 21.0 Å². The summed E-state index contributed by atoms with van der Waals surface area (Å²) in [4.78, 5) is 1.13. The molecule has 2 N–H and O–H groups in total. The molecule has 0 radical (unpaired) electrons. The first-order valence-electron chi connectivity index (χ1n) is 9.17. The van der Waals surface area contributed by atoms with Gasteiger partial charge in [-0.15, -0.1) is 11.8 Å². The molecule has 0 saturated heterocycles. The van der Waals surface area contributed by atoms with Crippen molar-refractivity contribution in [2.45, 2.75) is 23.7 Å². The Morgan fingerprint density at radius 2 is 1.90 bits per heavy atom. The highest BCUT2D eigenvalue weighted by atomic mass is 35.5. The van der Waals surface area contributed by atoms with Crippen molar-refractivity contribution >= 4 is 33.4 Å². The number of rotatable bonds is 5. The SMILES string of the molecule is CCSc1cccc2c1-c1ccc(CS(N)(=O)=O)cc1C(c1cccc(Cl)c1)O2. The van der Waals surface area contributed by atoms with Crippen molar-refractivity contribution in [1.82, 2.24) is 0 Å². The zero-order chi connectivity index (χ0) is 20.6. The monoisotopic (exact) mass is 445 g/mol. The first-order valence-corrected chi connectivity index (χ1v) is 12.2. The molecule has 0 aliphatic carbocycles. The molecule has 1 atom stereocenters. The van der Waals surface area contributed by atoms with Gasteiger partial charge in [0.15, 0.2) is 0 Å². The maximum Gasteiger partial charge on any atom is 0.213 e. The lowest BCUT2D eigenvalue weighted by molar-refractivity contribution is 0.243. The van der Waals surface area contributed by atoms with Gasteiger partial charge in [-0.05, 0) is 46.7 Å². The van der Waals surface area contributed by atoms with Gasteiger partial charge < -0.3 is 4.74 Å². The third-order valence-electron chi connectivity index (χ3n) is 4.72. The van der Waals surface area contributed by atoms with Crippen molar-refractivity contribution in [3.05, 3.63) is 82.4 Å². The van der Waals surface area contributed by atoms with Crippen LogP contribution in [-0.4, -0.2) is 14.2 Å². The van der Waals surface area contributed by atoms with E-state index < -0.39 is 16.1 Å². The maximum atomic E-state index is 11.6. The Balaban J connectivity index is 1.92. The van der Waals surface area contributed by atoms with Crippen LogP contribution in [0.4, 0.5) is 0 Å². The van der Waals surface area contributed by atoms with E-state index >= 15 is 0 Å². The van der Waals surface area contributed by atoms with E-state index in [9.17, 15) is 8.42 Å². The molecule has 1 aliphatic heterocycles. The van der Waals surface area contributed by atoms with Gasteiger partial charge in [0.05, 0.1) is 5.75 Å². The minimum Gasteiger partial charge on any atom is -0.480 e. The van der Waals surface area contributed by atoms with E-state index in [1.54, 1.807) is 11.8 Å². The number of fused-ring (bicyclic) bond motifs is 3. The maximum absolute atomic E-state index is 11.6. The molecule has 4 nitrogen and oxygen atoms in total. The zero-order valence-electron chi connectivity index (χ0n) is 15.8. The van der Waals surface area contributed by atoms with Crippen molar-refractivity contribution in [2.24, 2.45) is 5.14 Å². The van der Waals surface area contributed by atoms with Gasteiger partial charge in [0.2, 0.25) is 10.0 Å². The van der Waals surface area contributed by atoms with Crippen LogP contribution in [0.25, 0.3) is 11.1 Å². The number of nitrogens with two attached hydrogens (primary N) is 1. The molecule has 1 aliphatic rings. The van der Waals surface area contributed by atoms with Gasteiger partial charge in [0.1, 0.15) is 11.9 Å². The minimum absolute atomic E-state index is 0.221. The molecule has 0 spiro atoms. The third kappa shape index (κ3) is 4.31. The van der Waals surface area contributed by atoms with Gasteiger partial charge in [-0.3, -0.25) is 0 Å². The van der Waals surface area contributed by atoms with Gasteiger partial charge >= 0.3 is 0 Å². The number of hydrogen-bond donors (Lipinski definition) is 1. The van der Waals surface area contributed by atoms with Gasteiger partial charge in [-0.25, -0.2) is 13.6 Å². The van der Waals surface area contributed by atoms with Crippen LogP contribution in [0.2, 0.25) is 5.02 Å². The molecule has 1 heterocycles. The molecule has 3 aromatic carbocycles. The number of benzene rings is 3. The standard InChI is InChI=1S/C22H20ClNO3S2/c1-2-28-20-8-4-7-19-21(20)17-10-9-14(13-29(24,25)26)11-18(17)22(27-19)15-5-3-6-16(23)12-15/h3-12,22H,2,13H2,1H3,(H2,24,25,26). The molecule has 0 saturated carbocycles. The Labute approximate surface area is 180 Å². The molecule has 3 aromatic rings. The first kappa shape index (κ1) is 20.3. The van der Waals surface area contributed by atoms with Crippen LogP contribution in [0.5, 0.6) is 5.75 Å². The molecule has 150 valence electrons. The Morgan fingerprint density at radius 1 is 1.10 bits per heavy atom. The number of hydrogen-bond acceptors (Lipinski definition) is 4. The van der Waals surface area contributed by atoms with Crippen molar-refractivity contribution in [3.63, 3.8) is 0 Å². The molecule has 4 rings (SSSR count). The van der Waals surface area contributed by atoms with Crippen LogP contribution >= 0.6 is 23.4 Å². The summed E-state index contributed by atoms with van der Waals surface area (Å²) < 4.78 is 29.7. The topological polar surface area (TPSA) is 69.4 Å². The Hall–Kier alpha value is -1.99. The van der Waals surface area contributed by atoms with E-state index in [0.29, 0.717) is 10.6 Å². The van der Waals surface area contributed by atoms with Gasteiger partial charge in [0.25, 0.3) is 0 Å². The summed E-state index contributed by atoms with van der Waals surface area (Å²) in [6.07, 6.45) is -0.390. The lowest BCUT2D eigenvalue weighted by Gasteiger charge is -2.31. The van der Waals surface area contributed by atoms with Crippen LogP contribution in [0.15, 0.2) is 65.6 Å². The molecule has 29 heavy (non-hydrogen) atoms. The van der Waals surface area contributed by atoms with Crippen molar-refractivity contribution < 1.29 is 13.2 Å². The fraction of sp³-hybridized carbons (Fsp3) is 0.182. The summed E-state index contributed by atoms with van der Waals surface area (Å²) >= 11 is 7.97. The summed E-state index contributed by atoms with van der Waals surface area (Å²) in [7, 11) is -3.64. The number of primary sulfonamides is 1. The van der Waals surface area contributed by atoms with E-state index in [-0.39, 0.29) is 5.75 Å². The average molecular weight is 446 g/mol. The lowest BCUT2D eigenvalue weighted by Crippen LogP contribution is -2.18. The van der Waals surface area contributed by atoms with Crippen molar-refractivity contribution in [3.8, 4) is 16.9 Å². The van der Waals surface area contributed by atoms with Gasteiger partial charge in [-0.2, -0.15) is 0 Å². The van der Waals surface area contributed by atoms with E-state index in [1.165, 1.54) is 0 Å². The van der Waals surface area contributed by atoms with E-state index in [2.05, 4.69) is 13.0 Å². The predicted octanol–water partition coefficient (Wildman–Crippen LogP) is 5.39.